The summed E-state index contributed by atoms with van der Waals surface area (Å²) in [5.41, 5.74) is 0.492. The molecule has 0 unspecified atom stereocenters. The van der Waals surface area contributed by atoms with Crippen molar-refractivity contribution in [3.05, 3.63) is 33.4 Å². The lowest BCUT2D eigenvalue weighted by Gasteiger charge is -2.07. The monoisotopic (exact) mass is 404 g/mol. The third-order valence-electron chi connectivity index (χ3n) is 2.45. The normalized spacial score (nSPS) is 9.81. The first kappa shape index (κ1) is 17.4. The Hall–Kier alpha value is -1.64. The van der Waals surface area contributed by atoms with E-state index in [1.165, 1.54) is 0 Å². The largest absolute Gasteiger partial charge is 0.454 e. The molecule has 21 heavy (non-hydrogen) atoms. The highest BCUT2D eigenvalue weighted by Crippen LogP contribution is 2.10. The standard InChI is InChI=1S/C14H17IN2O4/c1-2-7-16-12(18)9-21-13(19)8-17-14(20)10-5-3-4-6-11(10)15/h3-6H,2,7-9H2,1H3,(H,16,18)(H,17,20). The van der Waals surface area contributed by atoms with E-state index in [1.54, 1.807) is 18.2 Å². The molecule has 1 rings (SSSR count). The lowest BCUT2D eigenvalue weighted by molar-refractivity contribution is -0.147. The van der Waals surface area contributed by atoms with Crippen LogP contribution < -0.4 is 10.6 Å². The van der Waals surface area contributed by atoms with Crippen molar-refractivity contribution in [2.75, 3.05) is 19.7 Å². The molecule has 7 heteroatoms. The van der Waals surface area contributed by atoms with Gasteiger partial charge in [0.2, 0.25) is 0 Å². The number of hydrogen-bond acceptors (Lipinski definition) is 4. The van der Waals surface area contributed by atoms with Crippen LogP contribution in [0.25, 0.3) is 0 Å². The number of amides is 2. The van der Waals surface area contributed by atoms with E-state index in [4.69, 9.17) is 4.74 Å². The topological polar surface area (TPSA) is 84.5 Å². The fourth-order valence-corrected chi connectivity index (χ4v) is 2.04. The minimum absolute atomic E-state index is 0.273. The van der Waals surface area contributed by atoms with Crippen molar-refractivity contribution >= 4 is 40.4 Å². The second-order valence-electron chi connectivity index (χ2n) is 4.17. The van der Waals surface area contributed by atoms with E-state index in [2.05, 4.69) is 10.6 Å². The van der Waals surface area contributed by atoms with Gasteiger partial charge in [0.05, 0.1) is 5.56 Å². The van der Waals surface area contributed by atoms with Crippen LogP contribution >= 0.6 is 22.6 Å². The highest BCUT2D eigenvalue weighted by atomic mass is 127. The Labute approximate surface area is 136 Å². The van der Waals surface area contributed by atoms with Gasteiger partial charge in [0, 0.05) is 10.1 Å². The summed E-state index contributed by atoms with van der Waals surface area (Å²) in [7, 11) is 0. The van der Waals surface area contributed by atoms with Crippen LogP contribution in [-0.2, 0) is 14.3 Å². The van der Waals surface area contributed by atoms with Gasteiger partial charge in [-0.3, -0.25) is 14.4 Å². The summed E-state index contributed by atoms with van der Waals surface area (Å²) in [6, 6.07) is 7.03. The Morgan fingerprint density at radius 2 is 1.90 bits per heavy atom. The summed E-state index contributed by atoms with van der Waals surface area (Å²) >= 11 is 2.04. The molecule has 0 bridgehead atoms. The molecular formula is C14H17IN2O4. The molecule has 6 nitrogen and oxygen atoms in total. The molecule has 0 aromatic heterocycles. The summed E-state index contributed by atoms with van der Waals surface area (Å²) in [4.78, 5) is 34.5. The predicted molar refractivity (Wildman–Crippen MR) is 85.8 cm³/mol. The third-order valence-corrected chi connectivity index (χ3v) is 3.39. The van der Waals surface area contributed by atoms with Crippen LogP contribution in [0.5, 0.6) is 0 Å². The molecule has 0 spiro atoms. The number of benzene rings is 1. The quantitative estimate of drug-likeness (QED) is 0.527. The first-order valence-corrected chi connectivity index (χ1v) is 7.57. The Morgan fingerprint density at radius 1 is 1.19 bits per heavy atom. The van der Waals surface area contributed by atoms with Crippen LogP contribution in [0.1, 0.15) is 23.7 Å². The second kappa shape index (κ2) is 9.32. The SMILES string of the molecule is CCCNC(=O)COC(=O)CNC(=O)c1ccccc1I. The highest BCUT2D eigenvalue weighted by Gasteiger charge is 2.12. The Balaban J connectivity index is 2.32. The van der Waals surface area contributed by atoms with Gasteiger partial charge in [0.15, 0.2) is 6.61 Å². The molecule has 0 heterocycles. The maximum Gasteiger partial charge on any atom is 0.325 e. The maximum atomic E-state index is 11.8. The summed E-state index contributed by atoms with van der Waals surface area (Å²) in [5, 5.41) is 5.04. The minimum Gasteiger partial charge on any atom is -0.454 e. The zero-order chi connectivity index (χ0) is 15.7. The van der Waals surface area contributed by atoms with E-state index in [9.17, 15) is 14.4 Å². The van der Waals surface area contributed by atoms with Gasteiger partial charge in [-0.05, 0) is 41.1 Å². The molecule has 0 radical (unpaired) electrons. The van der Waals surface area contributed by atoms with Crippen LogP contribution in [0.2, 0.25) is 0 Å². The zero-order valence-corrected chi connectivity index (χ0v) is 13.8. The molecular weight excluding hydrogens is 387 g/mol. The maximum absolute atomic E-state index is 11.8. The van der Waals surface area contributed by atoms with Crippen LogP contribution in [0, 0.1) is 3.57 Å². The van der Waals surface area contributed by atoms with Crippen LogP contribution in [0.3, 0.4) is 0 Å². The van der Waals surface area contributed by atoms with Crippen LogP contribution in [0.15, 0.2) is 24.3 Å². The van der Waals surface area contributed by atoms with E-state index in [-0.39, 0.29) is 25.0 Å². The number of carbonyl (C=O) groups is 3. The molecule has 0 fully saturated rings. The highest BCUT2D eigenvalue weighted by molar-refractivity contribution is 14.1. The minimum atomic E-state index is -0.652. The number of rotatable bonds is 7. The van der Waals surface area contributed by atoms with Gasteiger partial charge in [0.1, 0.15) is 6.54 Å². The molecule has 0 aliphatic rings. The van der Waals surface area contributed by atoms with Crippen molar-refractivity contribution in [2.45, 2.75) is 13.3 Å². The first-order chi connectivity index (χ1) is 10.0. The number of carbonyl (C=O) groups excluding carboxylic acids is 3. The van der Waals surface area contributed by atoms with Crippen molar-refractivity contribution in [1.82, 2.24) is 10.6 Å². The number of hydrogen-bond donors (Lipinski definition) is 2. The van der Waals surface area contributed by atoms with E-state index < -0.39 is 5.97 Å². The number of halogens is 1. The summed E-state index contributed by atoms with van der Waals surface area (Å²) < 4.78 is 5.54. The van der Waals surface area contributed by atoms with Gasteiger partial charge in [-0.1, -0.05) is 19.1 Å². The van der Waals surface area contributed by atoms with Gasteiger partial charge >= 0.3 is 5.97 Å². The fourth-order valence-electron chi connectivity index (χ4n) is 1.41. The van der Waals surface area contributed by atoms with Crippen molar-refractivity contribution in [3.63, 3.8) is 0 Å². The third kappa shape index (κ3) is 6.56. The lowest BCUT2D eigenvalue weighted by atomic mass is 10.2. The Bertz CT molecular complexity index is 519. The number of nitrogens with one attached hydrogen (secondary N) is 2. The summed E-state index contributed by atoms with van der Waals surface area (Å²) in [5.74, 6) is -1.36. The van der Waals surface area contributed by atoms with E-state index >= 15 is 0 Å². The van der Waals surface area contributed by atoms with Crippen molar-refractivity contribution in [1.29, 1.82) is 0 Å². The average Bonchev–Trinajstić information content (AvgIpc) is 2.48. The molecule has 114 valence electrons. The predicted octanol–water partition coefficient (Wildman–Crippen LogP) is 1.09. The van der Waals surface area contributed by atoms with Gasteiger partial charge in [0.25, 0.3) is 11.8 Å². The van der Waals surface area contributed by atoms with E-state index in [0.717, 1.165) is 9.99 Å². The van der Waals surface area contributed by atoms with Crippen molar-refractivity contribution in [2.24, 2.45) is 0 Å². The van der Waals surface area contributed by atoms with Crippen molar-refractivity contribution < 1.29 is 19.1 Å². The molecule has 2 amide bonds. The van der Waals surface area contributed by atoms with Crippen molar-refractivity contribution in [3.8, 4) is 0 Å². The van der Waals surface area contributed by atoms with Gasteiger partial charge < -0.3 is 15.4 Å². The summed E-state index contributed by atoms with van der Waals surface area (Å²) in [6.07, 6.45) is 0.811. The lowest BCUT2D eigenvalue weighted by Crippen LogP contribution is -2.34. The van der Waals surface area contributed by atoms with Gasteiger partial charge in [-0.2, -0.15) is 0 Å². The van der Waals surface area contributed by atoms with Gasteiger partial charge in [-0.15, -0.1) is 0 Å². The summed E-state index contributed by atoms with van der Waals surface area (Å²) in [6.45, 7) is 1.86. The molecule has 1 aromatic carbocycles. The number of ether oxygens (including phenoxy) is 1. The first-order valence-electron chi connectivity index (χ1n) is 6.49. The molecule has 0 saturated heterocycles. The second-order valence-corrected chi connectivity index (χ2v) is 5.34. The van der Waals surface area contributed by atoms with Gasteiger partial charge in [-0.25, -0.2) is 0 Å². The van der Waals surface area contributed by atoms with E-state index in [0.29, 0.717) is 12.1 Å². The Kier molecular flexibility index (Phi) is 7.73. The Morgan fingerprint density at radius 3 is 2.57 bits per heavy atom. The van der Waals surface area contributed by atoms with Crippen LogP contribution in [-0.4, -0.2) is 37.5 Å². The number of esters is 1. The zero-order valence-electron chi connectivity index (χ0n) is 11.6. The molecule has 0 aliphatic carbocycles. The molecule has 1 aromatic rings. The molecule has 0 aliphatic heterocycles. The van der Waals surface area contributed by atoms with Crippen LogP contribution in [0.4, 0.5) is 0 Å². The van der Waals surface area contributed by atoms with E-state index in [1.807, 2.05) is 35.6 Å². The average molecular weight is 404 g/mol. The molecule has 0 atom stereocenters. The smallest absolute Gasteiger partial charge is 0.325 e. The molecule has 0 saturated carbocycles. The fraction of sp³-hybridized carbons (Fsp3) is 0.357. The molecule has 2 N–H and O–H groups in total.